The van der Waals surface area contributed by atoms with Gasteiger partial charge in [-0.25, -0.2) is 9.48 Å². The van der Waals surface area contributed by atoms with E-state index < -0.39 is 12.1 Å². The number of aromatic carboxylic acids is 1. The Balaban J connectivity index is 2.34. The summed E-state index contributed by atoms with van der Waals surface area (Å²) in [5.74, 6) is -1.04. The van der Waals surface area contributed by atoms with Crippen LogP contribution in [0.2, 0.25) is 0 Å². The zero-order valence-corrected chi connectivity index (χ0v) is 11.2. The Labute approximate surface area is 112 Å². The highest BCUT2D eigenvalue weighted by Gasteiger charge is 2.28. The maximum atomic E-state index is 11.2. The average Bonchev–Trinajstić information content (AvgIpc) is 2.66. The first-order valence-electron chi connectivity index (χ1n) is 7.00. The van der Waals surface area contributed by atoms with Crippen LogP contribution in [0.1, 0.15) is 67.7 Å². The predicted molar refractivity (Wildman–Crippen MR) is 69.1 cm³/mol. The third-order valence-electron chi connectivity index (χ3n) is 3.74. The molecule has 2 unspecified atom stereocenters. The zero-order chi connectivity index (χ0) is 13.8. The molecule has 0 aromatic carbocycles. The molecule has 2 rings (SSSR count). The maximum Gasteiger partial charge on any atom is 0.358 e. The summed E-state index contributed by atoms with van der Waals surface area (Å²) in [5.41, 5.74) is 0.666. The Morgan fingerprint density at radius 3 is 2.79 bits per heavy atom. The van der Waals surface area contributed by atoms with Crippen molar-refractivity contribution in [3.05, 3.63) is 11.4 Å². The number of carboxylic acids is 1. The summed E-state index contributed by atoms with van der Waals surface area (Å²) in [5, 5.41) is 27.1. The molecular weight excluding hydrogens is 246 g/mol. The van der Waals surface area contributed by atoms with Crippen LogP contribution in [0.5, 0.6) is 0 Å². The topological polar surface area (TPSA) is 88.2 Å². The van der Waals surface area contributed by atoms with Crippen molar-refractivity contribution in [2.24, 2.45) is 0 Å². The second-order valence-electron chi connectivity index (χ2n) is 5.16. The van der Waals surface area contributed by atoms with Crippen molar-refractivity contribution in [1.82, 2.24) is 15.0 Å². The van der Waals surface area contributed by atoms with Gasteiger partial charge in [-0.05, 0) is 19.3 Å². The summed E-state index contributed by atoms with van der Waals surface area (Å²) in [4.78, 5) is 11.2. The number of aliphatic hydroxyl groups is 1. The van der Waals surface area contributed by atoms with E-state index in [1.807, 2.05) is 6.92 Å². The third-order valence-corrected chi connectivity index (χ3v) is 3.74. The molecule has 6 heteroatoms. The van der Waals surface area contributed by atoms with Gasteiger partial charge in [-0.15, -0.1) is 5.10 Å². The summed E-state index contributed by atoms with van der Waals surface area (Å²) in [6.45, 7) is 1.99. The lowest BCUT2D eigenvalue weighted by atomic mass is 10.1. The highest BCUT2D eigenvalue weighted by atomic mass is 16.4. The van der Waals surface area contributed by atoms with Gasteiger partial charge < -0.3 is 10.2 Å². The molecule has 0 aliphatic heterocycles. The predicted octanol–water partition coefficient (Wildman–Crippen LogP) is 1.79. The fourth-order valence-electron chi connectivity index (χ4n) is 2.77. The second-order valence-corrected chi connectivity index (χ2v) is 5.16. The average molecular weight is 267 g/mol. The summed E-state index contributed by atoms with van der Waals surface area (Å²) in [6.07, 6.45) is 5.74. The molecule has 0 saturated heterocycles. The molecule has 19 heavy (non-hydrogen) atoms. The monoisotopic (exact) mass is 267 g/mol. The molecule has 2 atom stereocenters. The summed E-state index contributed by atoms with van der Waals surface area (Å²) >= 11 is 0. The van der Waals surface area contributed by atoms with E-state index in [-0.39, 0.29) is 11.7 Å². The van der Waals surface area contributed by atoms with E-state index in [0.29, 0.717) is 12.1 Å². The van der Waals surface area contributed by atoms with E-state index in [1.54, 1.807) is 4.68 Å². The lowest BCUT2D eigenvalue weighted by Gasteiger charge is -2.22. The van der Waals surface area contributed by atoms with Gasteiger partial charge in [0.25, 0.3) is 0 Å². The molecule has 1 saturated carbocycles. The fourth-order valence-corrected chi connectivity index (χ4v) is 2.77. The molecule has 1 aliphatic carbocycles. The highest BCUT2D eigenvalue weighted by Crippen LogP contribution is 2.29. The first kappa shape index (κ1) is 14.0. The van der Waals surface area contributed by atoms with Gasteiger partial charge in [-0.3, -0.25) is 0 Å². The van der Waals surface area contributed by atoms with Crippen LogP contribution in [0.4, 0.5) is 0 Å². The van der Waals surface area contributed by atoms with Crippen molar-refractivity contribution in [3.63, 3.8) is 0 Å². The van der Waals surface area contributed by atoms with Gasteiger partial charge in [0.1, 0.15) is 0 Å². The van der Waals surface area contributed by atoms with E-state index in [2.05, 4.69) is 10.3 Å². The number of nitrogens with zero attached hydrogens (tertiary/aromatic N) is 3. The SMILES string of the molecule is CCCc1c(C(=O)O)nnn1C1CCCCCC1O. The van der Waals surface area contributed by atoms with Crippen molar-refractivity contribution >= 4 is 5.97 Å². The van der Waals surface area contributed by atoms with Gasteiger partial charge in [-0.1, -0.05) is 37.8 Å². The minimum atomic E-state index is -1.04. The molecule has 6 nitrogen and oxygen atoms in total. The van der Waals surface area contributed by atoms with Crippen LogP contribution < -0.4 is 0 Å². The highest BCUT2D eigenvalue weighted by molar-refractivity contribution is 5.86. The Hall–Kier alpha value is -1.43. The van der Waals surface area contributed by atoms with E-state index in [0.717, 1.165) is 38.5 Å². The number of aliphatic hydroxyl groups excluding tert-OH is 1. The van der Waals surface area contributed by atoms with Crippen LogP contribution in [0.15, 0.2) is 0 Å². The molecule has 0 spiro atoms. The Kier molecular flexibility index (Phi) is 4.52. The molecule has 2 N–H and O–H groups in total. The van der Waals surface area contributed by atoms with Crippen LogP contribution in [0.3, 0.4) is 0 Å². The largest absolute Gasteiger partial charge is 0.476 e. The summed E-state index contributed by atoms with van der Waals surface area (Å²) < 4.78 is 1.66. The lowest BCUT2D eigenvalue weighted by Crippen LogP contribution is -2.26. The number of rotatable bonds is 4. The lowest BCUT2D eigenvalue weighted by molar-refractivity contribution is 0.0687. The number of carboxylic acid groups (broad SMARTS) is 1. The van der Waals surface area contributed by atoms with Crippen molar-refractivity contribution in [2.75, 3.05) is 0 Å². The Bertz CT molecular complexity index is 444. The molecule has 1 heterocycles. The van der Waals surface area contributed by atoms with Crippen LogP contribution in [0.25, 0.3) is 0 Å². The van der Waals surface area contributed by atoms with Crippen molar-refractivity contribution < 1.29 is 15.0 Å². The first-order valence-corrected chi connectivity index (χ1v) is 7.00. The normalized spacial score (nSPS) is 24.1. The maximum absolute atomic E-state index is 11.2. The number of hydrogen-bond acceptors (Lipinski definition) is 4. The number of aromatic nitrogens is 3. The van der Waals surface area contributed by atoms with E-state index in [4.69, 9.17) is 5.11 Å². The van der Waals surface area contributed by atoms with Gasteiger partial charge in [0.2, 0.25) is 0 Å². The van der Waals surface area contributed by atoms with Crippen LogP contribution in [-0.4, -0.2) is 37.3 Å². The van der Waals surface area contributed by atoms with Crippen molar-refractivity contribution in [1.29, 1.82) is 0 Å². The molecule has 0 amide bonds. The molecule has 1 aromatic heterocycles. The van der Waals surface area contributed by atoms with E-state index in [9.17, 15) is 9.90 Å². The molecule has 0 radical (unpaired) electrons. The molecule has 1 fully saturated rings. The smallest absolute Gasteiger partial charge is 0.358 e. The third kappa shape index (κ3) is 2.94. The minimum Gasteiger partial charge on any atom is -0.476 e. The molecule has 1 aliphatic rings. The van der Waals surface area contributed by atoms with Gasteiger partial charge in [0, 0.05) is 0 Å². The molecular formula is C13H21N3O3. The van der Waals surface area contributed by atoms with Gasteiger partial charge in [0.15, 0.2) is 5.69 Å². The quantitative estimate of drug-likeness (QED) is 0.812. The minimum absolute atomic E-state index is 0.0262. The molecule has 1 aromatic rings. The fraction of sp³-hybridized carbons (Fsp3) is 0.769. The first-order chi connectivity index (χ1) is 9.15. The number of carbonyl (C=O) groups is 1. The van der Waals surface area contributed by atoms with E-state index in [1.165, 1.54) is 0 Å². The van der Waals surface area contributed by atoms with Crippen LogP contribution in [-0.2, 0) is 6.42 Å². The molecule has 0 bridgehead atoms. The van der Waals surface area contributed by atoms with Gasteiger partial charge >= 0.3 is 5.97 Å². The second kappa shape index (κ2) is 6.14. The van der Waals surface area contributed by atoms with Crippen molar-refractivity contribution in [3.8, 4) is 0 Å². The van der Waals surface area contributed by atoms with Gasteiger partial charge in [-0.2, -0.15) is 0 Å². The van der Waals surface area contributed by atoms with Gasteiger partial charge in [0.05, 0.1) is 17.8 Å². The summed E-state index contributed by atoms with van der Waals surface area (Å²) in [7, 11) is 0. The van der Waals surface area contributed by atoms with Crippen molar-refractivity contribution in [2.45, 2.75) is 64.0 Å². The van der Waals surface area contributed by atoms with E-state index >= 15 is 0 Å². The Morgan fingerprint density at radius 2 is 2.11 bits per heavy atom. The van der Waals surface area contributed by atoms with Crippen LogP contribution >= 0.6 is 0 Å². The molecule has 106 valence electrons. The zero-order valence-electron chi connectivity index (χ0n) is 11.2. The number of hydrogen-bond donors (Lipinski definition) is 2. The Morgan fingerprint density at radius 1 is 1.37 bits per heavy atom. The van der Waals surface area contributed by atoms with Crippen LogP contribution in [0, 0.1) is 0 Å². The summed E-state index contributed by atoms with van der Waals surface area (Å²) in [6, 6.07) is -0.135. The standard InChI is InChI=1S/C13H21N3O3/c1-2-6-10-12(13(18)19)14-15-16(10)9-7-4-3-5-8-11(9)17/h9,11,17H,2-8H2,1H3,(H,18,19).